The Morgan fingerprint density at radius 1 is 1.64 bits per heavy atom. The summed E-state index contributed by atoms with van der Waals surface area (Å²) in [5, 5.41) is 0. The lowest BCUT2D eigenvalue weighted by Gasteiger charge is -2.07. The molecule has 0 saturated heterocycles. The molecule has 0 aliphatic carbocycles. The maximum atomic E-state index is 5.50. The normalized spacial score (nSPS) is 12.5. The third-order valence-electron chi connectivity index (χ3n) is 1.18. The van der Waals surface area contributed by atoms with Crippen LogP contribution in [0.5, 0.6) is 5.75 Å². The van der Waals surface area contributed by atoms with E-state index in [1.165, 1.54) is 0 Å². The Labute approximate surface area is 67.0 Å². The third kappa shape index (κ3) is 3.05. The van der Waals surface area contributed by atoms with E-state index in [-0.39, 0.29) is 6.04 Å². The van der Waals surface area contributed by atoms with Gasteiger partial charge < -0.3 is 10.5 Å². The zero-order valence-corrected chi connectivity index (χ0v) is 6.58. The molecular weight excluding hydrogens is 138 g/mol. The van der Waals surface area contributed by atoms with Crippen LogP contribution < -0.4 is 10.5 Å². The molecule has 2 heteroatoms. The van der Waals surface area contributed by atoms with E-state index in [0.717, 1.165) is 5.75 Å². The van der Waals surface area contributed by atoms with Crippen molar-refractivity contribution in [3.05, 3.63) is 30.3 Å². The van der Waals surface area contributed by atoms with Crippen LogP contribution in [0, 0.1) is 6.07 Å². The molecule has 0 heterocycles. The smallest absolute Gasteiger partial charge is 0.127 e. The number of rotatable bonds is 3. The average molecular weight is 150 g/mol. The van der Waals surface area contributed by atoms with E-state index in [1.54, 1.807) is 0 Å². The average Bonchev–Trinajstić information content (AvgIpc) is 2.03. The van der Waals surface area contributed by atoms with Crippen molar-refractivity contribution >= 4 is 0 Å². The first-order valence-electron chi connectivity index (χ1n) is 3.64. The minimum absolute atomic E-state index is 0.0728. The summed E-state index contributed by atoms with van der Waals surface area (Å²) in [5.41, 5.74) is 5.50. The van der Waals surface area contributed by atoms with Crippen LogP contribution in [0.15, 0.2) is 24.3 Å². The first-order valence-corrected chi connectivity index (χ1v) is 3.64. The Kier molecular flexibility index (Phi) is 2.93. The molecule has 1 aromatic carbocycles. The minimum atomic E-state index is 0.0728. The molecule has 1 radical (unpaired) electrons. The van der Waals surface area contributed by atoms with E-state index in [0.29, 0.717) is 6.61 Å². The van der Waals surface area contributed by atoms with Gasteiger partial charge in [-0.15, -0.1) is 0 Å². The van der Waals surface area contributed by atoms with Gasteiger partial charge in [0.1, 0.15) is 12.4 Å². The number of hydrogen-bond donors (Lipinski definition) is 1. The summed E-state index contributed by atoms with van der Waals surface area (Å²) in [6.45, 7) is 2.45. The summed E-state index contributed by atoms with van der Waals surface area (Å²) in [6, 6.07) is 10.5. The summed E-state index contributed by atoms with van der Waals surface area (Å²) < 4.78 is 5.29. The van der Waals surface area contributed by atoms with Crippen molar-refractivity contribution in [2.45, 2.75) is 13.0 Å². The van der Waals surface area contributed by atoms with Crippen LogP contribution in [0.4, 0.5) is 0 Å². The third-order valence-corrected chi connectivity index (χ3v) is 1.18. The largest absolute Gasteiger partial charge is 0.491 e. The second-order valence-corrected chi connectivity index (χ2v) is 2.52. The number of benzene rings is 1. The molecule has 1 rings (SSSR count). The van der Waals surface area contributed by atoms with Crippen LogP contribution in [0.1, 0.15) is 6.92 Å². The standard InChI is InChI=1S/C9H12NO/c1-8(10)7-11-9-5-3-2-4-6-9/h2-5,8H,7,10H2,1H3/t8-/m1/s1. The van der Waals surface area contributed by atoms with Crippen LogP contribution in [0.2, 0.25) is 0 Å². The summed E-state index contributed by atoms with van der Waals surface area (Å²) in [5.74, 6) is 0.754. The zero-order valence-electron chi connectivity index (χ0n) is 6.58. The van der Waals surface area contributed by atoms with Crippen LogP contribution in [-0.4, -0.2) is 12.6 Å². The van der Waals surface area contributed by atoms with Gasteiger partial charge in [0.05, 0.1) is 0 Å². The van der Waals surface area contributed by atoms with E-state index >= 15 is 0 Å². The summed E-state index contributed by atoms with van der Waals surface area (Å²) >= 11 is 0. The Morgan fingerprint density at radius 2 is 2.45 bits per heavy atom. The molecular formula is C9H12NO. The van der Waals surface area contributed by atoms with E-state index in [2.05, 4.69) is 6.07 Å². The zero-order chi connectivity index (χ0) is 8.10. The molecule has 11 heavy (non-hydrogen) atoms. The van der Waals surface area contributed by atoms with E-state index < -0.39 is 0 Å². The lowest BCUT2D eigenvalue weighted by atomic mass is 10.3. The molecule has 0 fully saturated rings. The molecule has 1 atom stereocenters. The summed E-state index contributed by atoms with van der Waals surface area (Å²) in [7, 11) is 0. The molecule has 0 bridgehead atoms. The van der Waals surface area contributed by atoms with Crippen molar-refractivity contribution in [3.63, 3.8) is 0 Å². The molecule has 0 spiro atoms. The molecule has 0 aliphatic rings. The number of hydrogen-bond acceptors (Lipinski definition) is 2. The van der Waals surface area contributed by atoms with Gasteiger partial charge in [-0.3, -0.25) is 0 Å². The predicted molar refractivity (Wildman–Crippen MR) is 44.4 cm³/mol. The van der Waals surface area contributed by atoms with E-state index in [1.807, 2.05) is 31.2 Å². The van der Waals surface area contributed by atoms with Gasteiger partial charge in [0.25, 0.3) is 0 Å². The Morgan fingerprint density at radius 3 is 3.00 bits per heavy atom. The first kappa shape index (κ1) is 8.08. The highest BCUT2D eigenvalue weighted by atomic mass is 16.5. The molecule has 0 saturated carbocycles. The van der Waals surface area contributed by atoms with Gasteiger partial charge in [0.15, 0.2) is 0 Å². The molecule has 0 aromatic heterocycles. The number of nitrogens with two attached hydrogens (primary N) is 1. The van der Waals surface area contributed by atoms with Crippen molar-refractivity contribution < 1.29 is 4.74 Å². The van der Waals surface area contributed by atoms with Gasteiger partial charge in [-0.2, -0.15) is 0 Å². The van der Waals surface area contributed by atoms with Gasteiger partial charge in [-0.05, 0) is 13.0 Å². The maximum absolute atomic E-state index is 5.50. The van der Waals surface area contributed by atoms with Crippen LogP contribution in [-0.2, 0) is 0 Å². The lowest BCUT2D eigenvalue weighted by molar-refractivity contribution is 0.295. The van der Waals surface area contributed by atoms with Crippen molar-refractivity contribution in [2.75, 3.05) is 6.61 Å². The molecule has 59 valence electrons. The van der Waals surface area contributed by atoms with Gasteiger partial charge in [0.2, 0.25) is 0 Å². The van der Waals surface area contributed by atoms with Crippen LogP contribution >= 0.6 is 0 Å². The quantitative estimate of drug-likeness (QED) is 0.703. The Hall–Kier alpha value is -1.02. The molecule has 0 amide bonds. The van der Waals surface area contributed by atoms with E-state index in [4.69, 9.17) is 10.5 Å². The van der Waals surface area contributed by atoms with Crippen molar-refractivity contribution in [1.82, 2.24) is 0 Å². The Bertz CT molecular complexity index is 196. The fourth-order valence-corrected chi connectivity index (χ4v) is 0.688. The molecule has 0 aliphatic heterocycles. The van der Waals surface area contributed by atoms with Gasteiger partial charge >= 0.3 is 0 Å². The second-order valence-electron chi connectivity index (χ2n) is 2.52. The minimum Gasteiger partial charge on any atom is -0.491 e. The molecule has 0 unspecified atom stereocenters. The topological polar surface area (TPSA) is 35.2 Å². The highest BCUT2D eigenvalue weighted by Gasteiger charge is 1.94. The maximum Gasteiger partial charge on any atom is 0.127 e. The lowest BCUT2D eigenvalue weighted by Crippen LogP contribution is -2.23. The van der Waals surface area contributed by atoms with Crippen LogP contribution in [0.3, 0.4) is 0 Å². The monoisotopic (exact) mass is 150 g/mol. The summed E-state index contributed by atoms with van der Waals surface area (Å²) in [4.78, 5) is 0. The second kappa shape index (κ2) is 3.98. The van der Waals surface area contributed by atoms with Gasteiger partial charge in [-0.25, -0.2) is 0 Å². The fourth-order valence-electron chi connectivity index (χ4n) is 0.688. The molecule has 1 aromatic rings. The van der Waals surface area contributed by atoms with Gasteiger partial charge in [0, 0.05) is 12.1 Å². The van der Waals surface area contributed by atoms with Gasteiger partial charge in [-0.1, -0.05) is 18.2 Å². The fraction of sp³-hybridized carbons (Fsp3) is 0.333. The summed E-state index contributed by atoms with van der Waals surface area (Å²) in [6.07, 6.45) is 0. The highest BCUT2D eigenvalue weighted by molar-refractivity contribution is 5.19. The van der Waals surface area contributed by atoms with Crippen molar-refractivity contribution in [2.24, 2.45) is 5.73 Å². The van der Waals surface area contributed by atoms with Crippen LogP contribution in [0.25, 0.3) is 0 Å². The first-order chi connectivity index (χ1) is 5.29. The SMILES string of the molecule is C[C@@H](N)COc1[c]cccc1. The highest BCUT2D eigenvalue weighted by Crippen LogP contribution is 2.06. The number of para-hydroxylation sites is 1. The number of ether oxygens (including phenoxy) is 1. The Balaban J connectivity index is 2.39. The van der Waals surface area contributed by atoms with Crippen molar-refractivity contribution in [1.29, 1.82) is 0 Å². The molecule has 2 N–H and O–H groups in total. The molecule has 2 nitrogen and oxygen atoms in total. The van der Waals surface area contributed by atoms with Crippen molar-refractivity contribution in [3.8, 4) is 5.75 Å². The van der Waals surface area contributed by atoms with E-state index in [9.17, 15) is 0 Å². The predicted octanol–water partition coefficient (Wildman–Crippen LogP) is 1.21.